The Kier molecular flexibility index (Phi) is 5.35. The van der Waals surface area contributed by atoms with Gasteiger partial charge in [0.25, 0.3) is 0 Å². The maximum absolute atomic E-state index is 11.7. The van der Waals surface area contributed by atoms with Crippen molar-refractivity contribution >= 4 is 12.0 Å². The van der Waals surface area contributed by atoms with E-state index in [2.05, 4.69) is 10.1 Å². The summed E-state index contributed by atoms with van der Waals surface area (Å²) >= 11 is 0. The van der Waals surface area contributed by atoms with Crippen LogP contribution in [0.1, 0.15) is 0 Å². The molecule has 2 atom stereocenters. The summed E-state index contributed by atoms with van der Waals surface area (Å²) in [6, 6.07) is 1.49. The Morgan fingerprint density at radius 2 is 2.44 bits per heavy atom. The smallest absolute Gasteiger partial charge is 0.334 e. The second-order valence-electron chi connectivity index (χ2n) is 3.68. The molecule has 0 aromatic heterocycles. The van der Waals surface area contributed by atoms with Crippen LogP contribution in [0.25, 0.3) is 0 Å². The molecule has 0 bridgehead atoms. The van der Waals surface area contributed by atoms with E-state index in [9.17, 15) is 9.59 Å². The fraction of sp³-hybridized carbons (Fsp3) is 0.700. The first-order valence-electron chi connectivity index (χ1n) is 5.38. The first-order chi connectivity index (χ1) is 8.58. The van der Waals surface area contributed by atoms with Gasteiger partial charge in [-0.3, -0.25) is 0 Å². The average Bonchev–Trinajstić information content (AvgIpc) is 2.38. The summed E-state index contributed by atoms with van der Waals surface area (Å²) in [6.07, 6.45) is -1.72. The van der Waals surface area contributed by atoms with Gasteiger partial charge in [-0.1, -0.05) is 0 Å². The second kappa shape index (κ2) is 6.78. The Bertz CT molecular complexity index is 354. The van der Waals surface area contributed by atoms with E-state index in [0.717, 1.165) is 0 Å². The van der Waals surface area contributed by atoms with Gasteiger partial charge in [0.1, 0.15) is 0 Å². The van der Waals surface area contributed by atoms with Crippen LogP contribution in [-0.2, 0) is 14.3 Å². The molecule has 0 aromatic rings. The number of carboxylic acid groups (broad SMARTS) is 1. The minimum absolute atomic E-state index is 0.126. The molecule has 100 valence electrons. The van der Waals surface area contributed by atoms with Crippen LogP contribution >= 0.6 is 0 Å². The van der Waals surface area contributed by atoms with Crippen LogP contribution in [0.4, 0.5) is 4.79 Å². The summed E-state index contributed by atoms with van der Waals surface area (Å²) in [6.45, 7) is 0.708. The molecule has 0 saturated carbocycles. The molecule has 1 aliphatic heterocycles. The lowest BCUT2D eigenvalue weighted by molar-refractivity contribution is -0.148. The van der Waals surface area contributed by atoms with Crippen molar-refractivity contribution in [3.8, 4) is 6.07 Å². The molecule has 0 spiro atoms. The van der Waals surface area contributed by atoms with Gasteiger partial charge in [-0.2, -0.15) is 5.26 Å². The number of rotatable bonds is 4. The standard InChI is InChI=1S/C10H15N3O5/c1-17-8(9(14)15)5-12-10(16)13-2-3-18-7(4-11)6-13/h7-8H,2-3,5-6H2,1H3,(H,12,16)(H,14,15). The zero-order valence-corrected chi connectivity index (χ0v) is 9.96. The topological polar surface area (TPSA) is 112 Å². The minimum Gasteiger partial charge on any atom is -0.479 e. The van der Waals surface area contributed by atoms with Gasteiger partial charge >= 0.3 is 12.0 Å². The number of carboxylic acids is 1. The molecule has 18 heavy (non-hydrogen) atoms. The number of ether oxygens (including phenoxy) is 2. The van der Waals surface area contributed by atoms with Gasteiger partial charge in [0, 0.05) is 13.7 Å². The molecule has 2 amide bonds. The first kappa shape index (κ1) is 14.2. The van der Waals surface area contributed by atoms with Crippen LogP contribution in [0.5, 0.6) is 0 Å². The molecule has 1 aliphatic rings. The van der Waals surface area contributed by atoms with Crippen LogP contribution in [0, 0.1) is 11.3 Å². The summed E-state index contributed by atoms with van der Waals surface area (Å²) in [5, 5.41) is 19.9. The Labute approximate surface area is 104 Å². The fourth-order valence-corrected chi connectivity index (χ4v) is 1.48. The summed E-state index contributed by atoms with van der Waals surface area (Å²) < 4.78 is 9.77. The molecule has 0 radical (unpaired) electrons. The number of hydrogen-bond donors (Lipinski definition) is 2. The maximum atomic E-state index is 11.7. The first-order valence-corrected chi connectivity index (χ1v) is 5.38. The molecule has 0 aliphatic carbocycles. The van der Waals surface area contributed by atoms with Gasteiger partial charge in [0.15, 0.2) is 12.2 Å². The summed E-state index contributed by atoms with van der Waals surface area (Å²) in [7, 11) is 1.26. The van der Waals surface area contributed by atoms with Crippen molar-refractivity contribution in [1.29, 1.82) is 5.26 Å². The Morgan fingerprint density at radius 1 is 1.72 bits per heavy atom. The van der Waals surface area contributed by atoms with Crippen LogP contribution in [-0.4, -0.2) is 67.6 Å². The largest absolute Gasteiger partial charge is 0.479 e. The lowest BCUT2D eigenvalue weighted by Crippen LogP contribution is -2.51. The van der Waals surface area contributed by atoms with Crippen LogP contribution in [0.3, 0.4) is 0 Å². The lowest BCUT2D eigenvalue weighted by atomic mass is 10.3. The van der Waals surface area contributed by atoms with Gasteiger partial charge < -0.3 is 24.8 Å². The fourth-order valence-electron chi connectivity index (χ4n) is 1.48. The molecule has 8 nitrogen and oxygen atoms in total. The zero-order chi connectivity index (χ0) is 13.5. The van der Waals surface area contributed by atoms with Crippen molar-refractivity contribution in [2.24, 2.45) is 0 Å². The van der Waals surface area contributed by atoms with Gasteiger partial charge in [-0.15, -0.1) is 0 Å². The van der Waals surface area contributed by atoms with Crippen LogP contribution < -0.4 is 5.32 Å². The van der Waals surface area contributed by atoms with Crippen molar-refractivity contribution in [1.82, 2.24) is 10.2 Å². The van der Waals surface area contributed by atoms with E-state index in [-0.39, 0.29) is 19.7 Å². The van der Waals surface area contributed by atoms with E-state index < -0.39 is 24.2 Å². The van der Waals surface area contributed by atoms with E-state index in [1.807, 2.05) is 6.07 Å². The van der Waals surface area contributed by atoms with Gasteiger partial charge in [0.05, 0.1) is 25.8 Å². The quantitative estimate of drug-likeness (QED) is 0.669. The second-order valence-corrected chi connectivity index (χ2v) is 3.68. The molecule has 0 aromatic carbocycles. The van der Waals surface area contributed by atoms with Crippen molar-refractivity contribution in [2.75, 3.05) is 33.4 Å². The number of morpholine rings is 1. The highest BCUT2D eigenvalue weighted by Crippen LogP contribution is 2.04. The van der Waals surface area contributed by atoms with Crippen molar-refractivity contribution in [2.45, 2.75) is 12.2 Å². The maximum Gasteiger partial charge on any atom is 0.334 e. The SMILES string of the molecule is COC(CNC(=O)N1CCOC(C#N)C1)C(=O)O. The molecular weight excluding hydrogens is 242 g/mol. The molecule has 1 saturated heterocycles. The third-order valence-electron chi connectivity index (χ3n) is 2.50. The highest BCUT2D eigenvalue weighted by Gasteiger charge is 2.25. The monoisotopic (exact) mass is 257 g/mol. The van der Waals surface area contributed by atoms with Gasteiger partial charge in [0.2, 0.25) is 0 Å². The molecule has 1 heterocycles. The van der Waals surface area contributed by atoms with Crippen LogP contribution in [0.15, 0.2) is 0 Å². The Balaban J connectivity index is 2.41. The van der Waals surface area contributed by atoms with Crippen molar-refractivity contribution in [3.05, 3.63) is 0 Å². The van der Waals surface area contributed by atoms with Gasteiger partial charge in [-0.05, 0) is 0 Å². The highest BCUT2D eigenvalue weighted by molar-refractivity contribution is 5.77. The van der Waals surface area contributed by atoms with Gasteiger partial charge in [-0.25, -0.2) is 9.59 Å². The molecule has 1 fully saturated rings. The highest BCUT2D eigenvalue weighted by atomic mass is 16.5. The minimum atomic E-state index is -1.14. The number of methoxy groups -OCH3 is 1. The van der Waals surface area contributed by atoms with E-state index in [1.54, 1.807) is 0 Å². The summed E-state index contributed by atoms with van der Waals surface area (Å²) in [4.78, 5) is 23.8. The predicted molar refractivity (Wildman–Crippen MR) is 58.8 cm³/mol. The molecule has 2 unspecified atom stereocenters. The van der Waals surface area contributed by atoms with E-state index in [4.69, 9.17) is 15.1 Å². The van der Waals surface area contributed by atoms with Crippen LogP contribution in [0.2, 0.25) is 0 Å². The Hall–Kier alpha value is -1.85. The average molecular weight is 257 g/mol. The van der Waals surface area contributed by atoms with Crippen molar-refractivity contribution in [3.63, 3.8) is 0 Å². The van der Waals surface area contributed by atoms with E-state index in [1.165, 1.54) is 12.0 Å². The molecular formula is C10H15N3O5. The number of nitriles is 1. The number of aliphatic carboxylic acids is 1. The molecule has 1 rings (SSSR count). The normalized spacial score (nSPS) is 20.9. The van der Waals surface area contributed by atoms with E-state index >= 15 is 0 Å². The van der Waals surface area contributed by atoms with Crippen molar-refractivity contribution < 1.29 is 24.2 Å². The third kappa shape index (κ3) is 3.87. The zero-order valence-electron chi connectivity index (χ0n) is 9.96. The lowest BCUT2D eigenvalue weighted by Gasteiger charge is -2.30. The number of carbonyl (C=O) groups is 2. The third-order valence-corrected chi connectivity index (χ3v) is 2.50. The van der Waals surface area contributed by atoms with E-state index in [0.29, 0.717) is 6.54 Å². The number of amides is 2. The molecule has 8 heteroatoms. The predicted octanol–water partition coefficient (Wildman–Crippen LogP) is -0.980. The Morgan fingerprint density at radius 3 is 3.00 bits per heavy atom. The number of nitrogens with one attached hydrogen (secondary N) is 1. The number of nitrogens with zero attached hydrogens (tertiary/aromatic N) is 2. The molecule has 2 N–H and O–H groups in total. The number of carbonyl (C=O) groups excluding carboxylic acids is 1. The summed E-state index contributed by atoms with van der Waals surface area (Å²) in [5.41, 5.74) is 0. The number of urea groups is 1. The number of hydrogen-bond acceptors (Lipinski definition) is 5. The summed E-state index contributed by atoms with van der Waals surface area (Å²) in [5.74, 6) is -1.14.